The zero-order chi connectivity index (χ0) is 17.2. The van der Waals surface area contributed by atoms with Crippen LogP contribution in [0.25, 0.3) is 0 Å². The zero-order valence-electron chi connectivity index (χ0n) is 15.0. The Morgan fingerprint density at radius 1 is 1.46 bits per heavy atom. The highest BCUT2D eigenvalue weighted by Crippen LogP contribution is 2.33. The molecule has 2 aliphatic rings. The number of carbonyl (C=O) groups is 1. The number of nitrogens with one attached hydrogen (secondary N) is 1. The Morgan fingerprint density at radius 2 is 2.29 bits per heavy atom. The van der Waals surface area contributed by atoms with Crippen LogP contribution in [0.4, 0.5) is 4.79 Å². The molecule has 0 spiro atoms. The molecule has 6 nitrogen and oxygen atoms in total. The first-order chi connectivity index (χ1) is 11.5. The van der Waals surface area contributed by atoms with Crippen molar-refractivity contribution in [3.63, 3.8) is 0 Å². The topological polar surface area (TPSA) is 71.3 Å². The summed E-state index contributed by atoms with van der Waals surface area (Å²) in [6.45, 7) is 8.32. The third-order valence-electron chi connectivity index (χ3n) is 5.21. The summed E-state index contributed by atoms with van der Waals surface area (Å²) in [7, 11) is 0. The smallest absolute Gasteiger partial charge is 0.317 e. The molecule has 24 heavy (non-hydrogen) atoms. The van der Waals surface area contributed by atoms with Crippen LogP contribution in [-0.4, -0.2) is 40.7 Å². The van der Waals surface area contributed by atoms with E-state index in [2.05, 4.69) is 35.4 Å². The summed E-state index contributed by atoms with van der Waals surface area (Å²) in [5.41, 5.74) is 1.51. The summed E-state index contributed by atoms with van der Waals surface area (Å²) in [5, 5.41) is 6.96. The highest BCUT2D eigenvalue weighted by Gasteiger charge is 2.32. The Bertz CT molecular complexity index is 620. The lowest BCUT2D eigenvalue weighted by Gasteiger charge is -2.31. The number of aryl methyl sites for hydroxylation is 1. The van der Waals surface area contributed by atoms with Gasteiger partial charge in [-0.25, -0.2) is 4.79 Å². The SMILES string of the molecule is Cc1noc([C@H]2CCN(C(=O)NCC(C)(C)C3=CCCCC3)C2)n1. The van der Waals surface area contributed by atoms with Crippen molar-refractivity contribution in [1.29, 1.82) is 0 Å². The van der Waals surface area contributed by atoms with Gasteiger partial charge in [-0.05, 0) is 39.0 Å². The largest absolute Gasteiger partial charge is 0.339 e. The summed E-state index contributed by atoms with van der Waals surface area (Å²) in [4.78, 5) is 18.6. The molecule has 3 rings (SSSR count). The fraction of sp³-hybridized carbons (Fsp3) is 0.722. The van der Waals surface area contributed by atoms with Crippen LogP contribution in [0.15, 0.2) is 16.2 Å². The zero-order valence-corrected chi connectivity index (χ0v) is 15.0. The number of allylic oxidation sites excluding steroid dienone is 1. The molecule has 0 unspecified atom stereocenters. The van der Waals surface area contributed by atoms with Gasteiger partial charge in [-0.2, -0.15) is 4.98 Å². The van der Waals surface area contributed by atoms with Crippen molar-refractivity contribution in [1.82, 2.24) is 20.4 Å². The van der Waals surface area contributed by atoms with Gasteiger partial charge in [0.15, 0.2) is 5.82 Å². The molecule has 2 heterocycles. The minimum Gasteiger partial charge on any atom is -0.339 e. The second kappa shape index (κ2) is 6.95. The van der Waals surface area contributed by atoms with Gasteiger partial charge in [0.2, 0.25) is 5.89 Å². The van der Waals surface area contributed by atoms with Crippen molar-refractivity contribution < 1.29 is 9.32 Å². The summed E-state index contributed by atoms with van der Waals surface area (Å²) >= 11 is 0. The first-order valence-corrected chi connectivity index (χ1v) is 8.98. The Balaban J connectivity index is 1.51. The molecular weight excluding hydrogens is 304 g/mol. The Morgan fingerprint density at radius 3 is 2.96 bits per heavy atom. The fourth-order valence-corrected chi connectivity index (χ4v) is 3.60. The standard InChI is InChI=1S/C18H28N4O2/c1-13-20-16(24-21-13)14-9-10-22(11-14)17(23)19-12-18(2,3)15-7-5-4-6-8-15/h7,14H,4-6,8-12H2,1-3H3,(H,19,23)/t14-/m0/s1. The molecule has 1 atom stereocenters. The van der Waals surface area contributed by atoms with Crippen LogP contribution in [0.3, 0.4) is 0 Å². The van der Waals surface area contributed by atoms with Crippen molar-refractivity contribution in [2.75, 3.05) is 19.6 Å². The molecule has 0 saturated carbocycles. The molecule has 6 heteroatoms. The van der Waals surface area contributed by atoms with Crippen LogP contribution >= 0.6 is 0 Å². The van der Waals surface area contributed by atoms with E-state index in [1.165, 1.54) is 24.8 Å². The van der Waals surface area contributed by atoms with E-state index in [0.29, 0.717) is 24.8 Å². The van der Waals surface area contributed by atoms with E-state index in [4.69, 9.17) is 4.52 Å². The van der Waals surface area contributed by atoms with Gasteiger partial charge in [-0.1, -0.05) is 30.7 Å². The molecule has 1 aromatic rings. The van der Waals surface area contributed by atoms with Gasteiger partial charge in [-0.15, -0.1) is 0 Å². The number of rotatable bonds is 4. The highest BCUT2D eigenvalue weighted by atomic mass is 16.5. The van der Waals surface area contributed by atoms with Crippen LogP contribution in [-0.2, 0) is 0 Å². The number of urea groups is 1. The van der Waals surface area contributed by atoms with E-state index >= 15 is 0 Å². The highest BCUT2D eigenvalue weighted by molar-refractivity contribution is 5.74. The van der Waals surface area contributed by atoms with Crippen molar-refractivity contribution in [2.45, 2.75) is 58.8 Å². The van der Waals surface area contributed by atoms with Crippen LogP contribution in [0.2, 0.25) is 0 Å². The number of nitrogens with zero attached hydrogens (tertiary/aromatic N) is 3. The molecule has 1 fully saturated rings. The Labute approximate surface area is 143 Å². The normalized spacial score (nSPS) is 21.7. The molecular formula is C18H28N4O2. The van der Waals surface area contributed by atoms with Gasteiger partial charge in [0.25, 0.3) is 0 Å². The molecule has 132 valence electrons. The minimum atomic E-state index is 0.0122. The van der Waals surface area contributed by atoms with Gasteiger partial charge >= 0.3 is 6.03 Å². The second-order valence-corrected chi connectivity index (χ2v) is 7.63. The monoisotopic (exact) mass is 332 g/mol. The predicted molar refractivity (Wildman–Crippen MR) is 91.7 cm³/mol. The number of hydrogen-bond acceptors (Lipinski definition) is 4. The molecule has 1 N–H and O–H groups in total. The maximum atomic E-state index is 12.5. The van der Waals surface area contributed by atoms with Crippen LogP contribution in [0, 0.1) is 12.3 Å². The molecule has 0 bridgehead atoms. The van der Waals surface area contributed by atoms with E-state index in [1.807, 2.05) is 11.8 Å². The quantitative estimate of drug-likeness (QED) is 0.858. The van der Waals surface area contributed by atoms with Crippen molar-refractivity contribution >= 4 is 6.03 Å². The average Bonchev–Trinajstić information content (AvgIpc) is 3.22. The van der Waals surface area contributed by atoms with Gasteiger partial charge in [0.05, 0.1) is 5.92 Å². The third-order valence-corrected chi connectivity index (χ3v) is 5.21. The van der Waals surface area contributed by atoms with E-state index < -0.39 is 0 Å². The Hall–Kier alpha value is -1.85. The van der Waals surface area contributed by atoms with Crippen molar-refractivity contribution in [3.05, 3.63) is 23.4 Å². The van der Waals surface area contributed by atoms with E-state index in [-0.39, 0.29) is 17.4 Å². The average molecular weight is 332 g/mol. The van der Waals surface area contributed by atoms with Crippen LogP contribution in [0.1, 0.15) is 63.6 Å². The maximum absolute atomic E-state index is 12.5. The number of amides is 2. The van der Waals surface area contributed by atoms with Gasteiger partial charge in [-0.3, -0.25) is 0 Å². The summed E-state index contributed by atoms with van der Waals surface area (Å²) in [5.74, 6) is 1.46. The molecule has 2 amide bonds. The molecule has 1 saturated heterocycles. The first kappa shape index (κ1) is 17.0. The number of likely N-dealkylation sites (tertiary alicyclic amines) is 1. The predicted octanol–water partition coefficient (Wildman–Crippen LogP) is 3.40. The molecule has 0 radical (unpaired) electrons. The van der Waals surface area contributed by atoms with Crippen LogP contribution < -0.4 is 5.32 Å². The summed E-state index contributed by atoms with van der Waals surface area (Å²) < 4.78 is 5.24. The maximum Gasteiger partial charge on any atom is 0.317 e. The van der Waals surface area contributed by atoms with Gasteiger partial charge in [0, 0.05) is 25.0 Å². The summed E-state index contributed by atoms with van der Waals surface area (Å²) in [6.07, 6.45) is 8.12. The lowest BCUT2D eigenvalue weighted by Crippen LogP contribution is -2.43. The lowest BCUT2D eigenvalue weighted by atomic mass is 9.78. The van der Waals surface area contributed by atoms with Gasteiger partial charge in [0.1, 0.15) is 0 Å². The summed E-state index contributed by atoms with van der Waals surface area (Å²) in [6, 6.07) is 0.0122. The number of hydrogen-bond donors (Lipinski definition) is 1. The molecule has 1 aromatic heterocycles. The van der Waals surface area contributed by atoms with E-state index in [0.717, 1.165) is 19.4 Å². The van der Waals surface area contributed by atoms with E-state index in [1.54, 1.807) is 0 Å². The number of carbonyl (C=O) groups excluding carboxylic acids is 1. The fourth-order valence-electron chi connectivity index (χ4n) is 3.60. The molecule has 1 aliphatic heterocycles. The van der Waals surface area contributed by atoms with Gasteiger partial charge < -0.3 is 14.7 Å². The minimum absolute atomic E-state index is 0.0122. The third kappa shape index (κ3) is 3.79. The lowest BCUT2D eigenvalue weighted by molar-refractivity contribution is 0.203. The molecule has 0 aromatic carbocycles. The second-order valence-electron chi connectivity index (χ2n) is 7.63. The Kier molecular flexibility index (Phi) is 4.92. The first-order valence-electron chi connectivity index (χ1n) is 8.98. The number of aromatic nitrogens is 2. The van der Waals surface area contributed by atoms with E-state index in [9.17, 15) is 4.79 Å². The van der Waals surface area contributed by atoms with Crippen molar-refractivity contribution in [3.8, 4) is 0 Å². The molecule has 1 aliphatic carbocycles. The van der Waals surface area contributed by atoms with Crippen LogP contribution in [0.5, 0.6) is 0 Å². The van der Waals surface area contributed by atoms with Crippen molar-refractivity contribution in [2.24, 2.45) is 5.41 Å².